The molecule has 1 aromatic heterocycles. The highest BCUT2D eigenvalue weighted by atomic mass is 35.5. The smallest absolute Gasteiger partial charge is 0.122 e. The summed E-state index contributed by atoms with van der Waals surface area (Å²) in [6.07, 6.45) is 0.855. The highest BCUT2D eigenvalue weighted by Gasteiger charge is 2.14. The van der Waals surface area contributed by atoms with Crippen LogP contribution >= 0.6 is 11.6 Å². The van der Waals surface area contributed by atoms with Gasteiger partial charge in [0.15, 0.2) is 0 Å². The molecule has 0 radical (unpaired) electrons. The number of hydrogen-bond acceptors (Lipinski definition) is 2. The molecule has 0 aliphatic heterocycles. The predicted octanol–water partition coefficient (Wildman–Crippen LogP) is 3.13. The minimum atomic E-state index is -0.770. The number of aryl methyl sites for hydroxylation is 1. The van der Waals surface area contributed by atoms with E-state index in [1.807, 2.05) is 31.2 Å². The van der Waals surface area contributed by atoms with Crippen LogP contribution in [0, 0.1) is 6.92 Å². The molecule has 2 nitrogen and oxygen atoms in total. The number of benzene rings is 1. The van der Waals surface area contributed by atoms with Gasteiger partial charge < -0.3 is 5.11 Å². The van der Waals surface area contributed by atoms with Crippen molar-refractivity contribution in [1.82, 2.24) is 4.98 Å². The fraction of sp³-hybridized carbons (Fsp3) is 0.154. The van der Waals surface area contributed by atoms with Crippen LogP contribution in [0.2, 0.25) is 5.02 Å². The third-order valence-electron chi connectivity index (χ3n) is 2.40. The molecular formula is C13H12ClNO. The Bertz CT molecular complexity index is 499. The molecule has 1 N–H and O–H groups in total. The van der Waals surface area contributed by atoms with Crippen LogP contribution in [0.1, 0.15) is 22.9 Å². The van der Waals surface area contributed by atoms with Crippen molar-refractivity contribution in [3.8, 4) is 0 Å². The maximum absolute atomic E-state index is 10.2. The molecule has 0 aliphatic carbocycles. The molecule has 1 unspecified atom stereocenters. The van der Waals surface area contributed by atoms with Crippen LogP contribution in [-0.4, -0.2) is 10.1 Å². The fourth-order valence-corrected chi connectivity index (χ4v) is 1.82. The summed E-state index contributed by atoms with van der Waals surface area (Å²) in [5.41, 5.74) is 2.40. The van der Waals surface area contributed by atoms with Gasteiger partial charge in [-0.3, -0.25) is 4.98 Å². The lowest BCUT2D eigenvalue weighted by molar-refractivity contribution is 0.215. The number of halogens is 1. The molecular weight excluding hydrogens is 222 g/mol. The van der Waals surface area contributed by atoms with E-state index in [-0.39, 0.29) is 0 Å². The van der Waals surface area contributed by atoms with E-state index in [0.29, 0.717) is 10.7 Å². The number of pyridine rings is 1. The van der Waals surface area contributed by atoms with Crippen LogP contribution in [-0.2, 0) is 0 Å². The molecule has 3 heteroatoms. The number of rotatable bonds is 2. The molecule has 0 amide bonds. The van der Waals surface area contributed by atoms with Crippen molar-refractivity contribution in [2.75, 3.05) is 0 Å². The Morgan fingerprint density at radius 1 is 1.25 bits per heavy atom. The lowest BCUT2D eigenvalue weighted by atomic mass is 10.0. The second-order valence-electron chi connectivity index (χ2n) is 3.69. The van der Waals surface area contributed by atoms with Crippen LogP contribution in [0.15, 0.2) is 42.6 Å². The Kier molecular flexibility index (Phi) is 3.22. The average molecular weight is 234 g/mol. The maximum atomic E-state index is 10.2. The molecule has 1 atom stereocenters. The number of nitrogens with zero attached hydrogens (tertiary/aromatic N) is 1. The van der Waals surface area contributed by atoms with Crippen molar-refractivity contribution in [3.05, 3.63) is 64.4 Å². The largest absolute Gasteiger partial charge is 0.382 e. The first kappa shape index (κ1) is 11.1. The summed E-state index contributed by atoms with van der Waals surface area (Å²) < 4.78 is 0. The van der Waals surface area contributed by atoms with Crippen LogP contribution in [0.3, 0.4) is 0 Å². The lowest BCUT2D eigenvalue weighted by Crippen LogP contribution is -2.03. The zero-order valence-corrected chi connectivity index (χ0v) is 9.65. The monoisotopic (exact) mass is 233 g/mol. The van der Waals surface area contributed by atoms with E-state index in [2.05, 4.69) is 4.98 Å². The SMILES string of the molecule is Cc1cccc(C(O)c2ncccc2Cl)c1. The highest BCUT2D eigenvalue weighted by Crippen LogP contribution is 2.26. The van der Waals surface area contributed by atoms with Gasteiger partial charge in [0.2, 0.25) is 0 Å². The molecule has 16 heavy (non-hydrogen) atoms. The Morgan fingerprint density at radius 2 is 2.06 bits per heavy atom. The molecule has 0 saturated carbocycles. The van der Waals surface area contributed by atoms with Crippen molar-refractivity contribution in [2.24, 2.45) is 0 Å². The lowest BCUT2D eigenvalue weighted by Gasteiger charge is -2.12. The first-order valence-electron chi connectivity index (χ1n) is 5.03. The van der Waals surface area contributed by atoms with E-state index in [1.54, 1.807) is 18.3 Å². The second kappa shape index (κ2) is 4.64. The van der Waals surface area contributed by atoms with Crippen molar-refractivity contribution in [3.63, 3.8) is 0 Å². The van der Waals surface area contributed by atoms with Gasteiger partial charge in [-0.25, -0.2) is 0 Å². The van der Waals surface area contributed by atoms with Gasteiger partial charge in [0.05, 0.1) is 10.7 Å². The van der Waals surface area contributed by atoms with Gasteiger partial charge in [0, 0.05) is 6.20 Å². The predicted molar refractivity (Wildman–Crippen MR) is 64.5 cm³/mol. The van der Waals surface area contributed by atoms with Crippen LogP contribution in [0.5, 0.6) is 0 Å². The molecule has 1 aromatic carbocycles. The summed E-state index contributed by atoms with van der Waals surface area (Å²) in [4.78, 5) is 4.10. The maximum Gasteiger partial charge on any atom is 0.122 e. The molecule has 2 rings (SSSR count). The third-order valence-corrected chi connectivity index (χ3v) is 2.72. The summed E-state index contributed by atoms with van der Waals surface area (Å²) in [5.74, 6) is 0. The Labute approximate surface area is 99.5 Å². The Hall–Kier alpha value is -1.38. The third kappa shape index (κ3) is 2.23. The van der Waals surface area contributed by atoms with Crippen molar-refractivity contribution in [1.29, 1.82) is 0 Å². The van der Waals surface area contributed by atoms with E-state index < -0.39 is 6.10 Å². The summed E-state index contributed by atoms with van der Waals surface area (Å²) in [7, 11) is 0. The van der Waals surface area contributed by atoms with Gasteiger partial charge >= 0.3 is 0 Å². The van der Waals surface area contributed by atoms with Gasteiger partial charge in [-0.05, 0) is 24.6 Å². The van der Waals surface area contributed by atoms with E-state index in [1.165, 1.54) is 0 Å². The van der Waals surface area contributed by atoms with Crippen molar-refractivity contribution in [2.45, 2.75) is 13.0 Å². The normalized spacial score (nSPS) is 12.4. The summed E-state index contributed by atoms with van der Waals surface area (Å²) in [6.45, 7) is 1.98. The summed E-state index contributed by atoms with van der Waals surface area (Å²) in [5, 5.41) is 10.6. The first-order valence-corrected chi connectivity index (χ1v) is 5.41. The molecule has 0 bridgehead atoms. The fourth-order valence-electron chi connectivity index (χ4n) is 1.60. The minimum Gasteiger partial charge on any atom is -0.382 e. The van der Waals surface area contributed by atoms with E-state index >= 15 is 0 Å². The van der Waals surface area contributed by atoms with Gasteiger partial charge in [0.25, 0.3) is 0 Å². The first-order chi connectivity index (χ1) is 7.68. The quantitative estimate of drug-likeness (QED) is 0.865. The molecule has 0 saturated heterocycles. The molecule has 0 spiro atoms. The molecule has 82 valence electrons. The van der Waals surface area contributed by atoms with Gasteiger partial charge in [-0.2, -0.15) is 0 Å². The zero-order chi connectivity index (χ0) is 11.5. The average Bonchev–Trinajstić information content (AvgIpc) is 2.29. The summed E-state index contributed by atoms with van der Waals surface area (Å²) >= 11 is 5.99. The Balaban J connectivity index is 2.39. The standard InChI is InChI=1S/C13H12ClNO/c1-9-4-2-5-10(8-9)13(16)12-11(14)6-3-7-15-12/h2-8,13,16H,1H3. The van der Waals surface area contributed by atoms with Gasteiger partial charge in [0.1, 0.15) is 6.10 Å². The van der Waals surface area contributed by atoms with Crippen LogP contribution < -0.4 is 0 Å². The van der Waals surface area contributed by atoms with Crippen molar-refractivity contribution >= 4 is 11.6 Å². The summed E-state index contributed by atoms with van der Waals surface area (Å²) in [6, 6.07) is 11.1. The second-order valence-corrected chi connectivity index (χ2v) is 4.09. The zero-order valence-electron chi connectivity index (χ0n) is 8.89. The minimum absolute atomic E-state index is 0.483. The number of aromatic nitrogens is 1. The van der Waals surface area contributed by atoms with E-state index in [4.69, 9.17) is 11.6 Å². The highest BCUT2D eigenvalue weighted by molar-refractivity contribution is 6.31. The van der Waals surface area contributed by atoms with Gasteiger partial charge in [-0.1, -0.05) is 41.4 Å². The molecule has 2 aromatic rings. The Morgan fingerprint density at radius 3 is 2.75 bits per heavy atom. The molecule has 1 heterocycles. The van der Waals surface area contributed by atoms with Gasteiger partial charge in [-0.15, -0.1) is 0 Å². The van der Waals surface area contributed by atoms with Crippen LogP contribution in [0.4, 0.5) is 0 Å². The molecule has 0 fully saturated rings. The molecule has 0 aliphatic rings. The van der Waals surface area contributed by atoms with E-state index in [0.717, 1.165) is 11.1 Å². The van der Waals surface area contributed by atoms with Crippen molar-refractivity contribution < 1.29 is 5.11 Å². The number of aliphatic hydroxyl groups excluding tert-OH is 1. The number of hydrogen-bond donors (Lipinski definition) is 1. The van der Waals surface area contributed by atoms with E-state index in [9.17, 15) is 5.11 Å². The van der Waals surface area contributed by atoms with Crippen LogP contribution in [0.25, 0.3) is 0 Å². The number of aliphatic hydroxyl groups is 1. The topological polar surface area (TPSA) is 33.1 Å².